The van der Waals surface area contributed by atoms with E-state index in [0.717, 1.165) is 52.6 Å². The Kier molecular flexibility index (Phi) is 7.25. The van der Waals surface area contributed by atoms with Gasteiger partial charge in [0.25, 0.3) is 5.91 Å². The summed E-state index contributed by atoms with van der Waals surface area (Å²) in [5.41, 5.74) is 3.37. The number of carbonyl (C=O) groups excluding carboxylic acids is 1. The quantitative estimate of drug-likeness (QED) is 0.322. The molecule has 1 N–H and O–H groups in total. The molecule has 170 valence electrons. The lowest BCUT2D eigenvalue weighted by molar-refractivity contribution is 0.0932. The molecule has 1 unspecified atom stereocenters. The zero-order valence-corrected chi connectivity index (χ0v) is 19.5. The third-order valence-corrected chi connectivity index (χ3v) is 5.91. The van der Waals surface area contributed by atoms with Gasteiger partial charge >= 0.3 is 0 Å². The highest BCUT2D eigenvalue weighted by molar-refractivity contribution is 6.31. The van der Waals surface area contributed by atoms with Gasteiger partial charge in [0.05, 0.1) is 23.7 Å². The second kappa shape index (κ2) is 10.5. The number of aromatic nitrogens is 3. The Morgan fingerprint density at radius 3 is 2.73 bits per heavy atom. The van der Waals surface area contributed by atoms with Crippen LogP contribution >= 0.6 is 11.6 Å². The van der Waals surface area contributed by atoms with Crippen molar-refractivity contribution >= 4 is 28.5 Å². The molecule has 4 rings (SSSR count). The second-order valence-electron chi connectivity index (χ2n) is 7.99. The first-order chi connectivity index (χ1) is 16.0. The van der Waals surface area contributed by atoms with Crippen LogP contribution < -0.4 is 10.1 Å². The smallest absolute Gasteiger partial charge is 0.270 e. The number of hydrogen-bond donors (Lipinski definition) is 1. The number of ether oxygens (including phenoxy) is 1. The molecule has 0 spiro atoms. The van der Waals surface area contributed by atoms with Crippen molar-refractivity contribution in [3.63, 3.8) is 0 Å². The lowest BCUT2D eigenvalue weighted by Crippen LogP contribution is -2.29. The molecule has 0 saturated carbocycles. The van der Waals surface area contributed by atoms with E-state index < -0.39 is 0 Å². The number of halogens is 1. The van der Waals surface area contributed by atoms with E-state index in [-0.39, 0.29) is 11.9 Å². The molecule has 2 aromatic carbocycles. The van der Waals surface area contributed by atoms with Gasteiger partial charge in [-0.05, 0) is 74.7 Å². The highest BCUT2D eigenvalue weighted by Gasteiger charge is 2.19. The molecule has 1 amide bonds. The number of para-hydroxylation sites is 2. The number of pyridine rings is 1. The molecule has 6 nitrogen and oxygen atoms in total. The van der Waals surface area contributed by atoms with Crippen molar-refractivity contribution < 1.29 is 9.53 Å². The minimum atomic E-state index is -0.264. The van der Waals surface area contributed by atoms with Crippen LogP contribution in [0.3, 0.4) is 0 Å². The maximum atomic E-state index is 12.6. The molecule has 0 fully saturated rings. The van der Waals surface area contributed by atoms with Gasteiger partial charge in [0.2, 0.25) is 0 Å². The molecule has 0 aliphatic rings. The summed E-state index contributed by atoms with van der Waals surface area (Å²) >= 11 is 6.08. The first-order valence-corrected chi connectivity index (χ1v) is 11.5. The molecule has 0 saturated heterocycles. The number of aryl methyl sites for hydroxylation is 2. The fourth-order valence-electron chi connectivity index (χ4n) is 3.76. The van der Waals surface area contributed by atoms with E-state index in [2.05, 4.69) is 20.9 Å². The van der Waals surface area contributed by atoms with E-state index in [0.29, 0.717) is 12.3 Å². The van der Waals surface area contributed by atoms with Crippen LogP contribution in [0.4, 0.5) is 0 Å². The molecule has 0 bridgehead atoms. The summed E-state index contributed by atoms with van der Waals surface area (Å²) in [5.74, 6) is 1.44. The number of carbonyl (C=O) groups is 1. The Morgan fingerprint density at radius 2 is 1.94 bits per heavy atom. The van der Waals surface area contributed by atoms with Crippen molar-refractivity contribution in [2.75, 3.05) is 6.61 Å². The molecule has 7 heteroatoms. The fourth-order valence-corrected chi connectivity index (χ4v) is 3.88. The van der Waals surface area contributed by atoms with Crippen LogP contribution in [0.15, 0.2) is 66.9 Å². The molecule has 2 aromatic heterocycles. The molecule has 0 aliphatic carbocycles. The minimum absolute atomic E-state index is 0.214. The zero-order chi connectivity index (χ0) is 23.2. The van der Waals surface area contributed by atoms with Crippen LogP contribution in [-0.2, 0) is 6.54 Å². The largest absolute Gasteiger partial charge is 0.494 e. The molecule has 2 heterocycles. The van der Waals surface area contributed by atoms with Crippen LogP contribution in [0.25, 0.3) is 11.0 Å². The molecule has 1 atom stereocenters. The Morgan fingerprint density at radius 1 is 1.12 bits per heavy atom. The van der Waals surface area contributed by atoms with E-state index in [4.69, 9.17) is 21.3 Å². The third-order valence-electron chi connectivity index (χ3n) is 5.49. The van der Waals surface area contributed by atoms with Crippen LogP contribution in [0.2, 0.25) is 5.02 Å². The predicted octanol–water partition coefficient (Wildman–Crippen LogP) is 5.74. The van der Waals surface area contributed by atoms with Crippen molar-refractivity contribution in [3.05, 3.63) is 89.0 Å². The molecular formula is C26H27ClN4O2. The highest BCUT2D eigenvalue weighted by Crippen LogP contribution is 2.23. The Hall–Kier alpha value is -3.38. The minimum Gasteiger partial charge on any atom is -0.494 e. The summed E-state index contributed by atoms with van der Waals surface area (Å²) in [5, 5.41) is 3.77. The Bertz CT molecular complexity index is 1240. The van der Waals surface area contributed by atoms with E-state index in [1.54, 1.807) is 24.4 Å². The number of unbranched alkanes of at least 4 members (excludes halogenated alkanes) is 1. The van der Waals surface area contributed by atoms with Crippen molar-refractivity contribution in [2.24, 2.45) is 0 Å². The highest BCUT2D eigenvalue weighted by atomic mass is 35.5. The summed E-state index contributed by atoms with van der Waals surface area (Å²) in [6, 6.07) is 18.8. The first-order valence-electron chi connectivity index (χ1n) is 11.1. The number of rotatable bonds is 9. The average molecular weight is 463 g/mol. The van der Waals surface area contributed by atoms with E-state index in [1.165, 1.54) is 0 Å². The van der Waals surface area contributed by atoms with Gasteiger partial charge in [-0.3, -0.25) is 9.78 Å². The molecule has 4 aromatic rings. The topological polar surface area (TPSA) is 69.0 Å². The lowest BCUT2D eigenvalue weighted by Gasteiger charge is -2.16. The predicted molar refractivity (Wildman–Crippen MR) is 131 cm³/mol. The maximum absolute atomic E-state index is 12.6. The Balaban J connectivity index is 1.41. The standard InChI is InChI=1S/C26H27ClN4O2/c1-18-17-20(12-13-21(18)27)33-16-8-7-15-31-24-11-4-3-9-22(24)30-25(31)19(2)29-26(32)23-10-5-6-14-28-23/h3-6,9-14,17,19H,7-8,15-16H2,1-2H3,(H,29,32). The number of hydrogen-bond acceptors (Lipinski definition) is 4. The van der Waals surface area contributed by atoms with Gasteiger partial charge in [-0.2, -0.15) is 0 Å². The van der Waals surface area contributed by atoms with Gasteiger partial charge in [0.15, 0.2) is 0 Å². The van der Waals surface area contributed by atoms with Crippen molar-refractivity contribution in [1.82, 2.24) is 19.9 Å². The molecular weight excluding hydrogens is 436 g/mol. The van der Waals surface area contributed by atoms with Crippen LogP contribution in [-0.4, -0.2) is 27.0 Å². The van der Waals surface area contributed by atoms with E-state index >= 15 is 0 Å². The summed E-state index contributed by atoms with van der Waals surface area (Å²) < 4.78 is 8.07. The number of imidazole rings is 1. The van der Waals surface area contributed by atoms with Crippen LogP contribution in [0.1, 0.15) is 47.7 Å². The summed E-state index contributed by atoms with van der Waals surface area (Å²) in [7, 11) is 0. The lowest BCUT2D eigenvalue weighted by atomic mass is 10.2. The Labute approximate surface area is 198 Å². The molecule has 0 radical (unpaired) electrons. The summed E-state index contributed by atoms with van der Waals surface area (Å²) in [6.07, 6.45) is 3.42. The maximum Gasteiger partial charge on any atom is 0.270 e. The van der Waals surface area contributed by atoms with E-state index in [9.17, 15) is 4.79 Å². The van der Waals surface area contributed by atoms with Gasteiger partial charge in [0, 0.05) is 17.8 Å². The van der Waals surface area contributed by atoms with Crippen LogP contribution in [0, 0.1) is 6.92 Å². The monoisotopic (exact) mass is 462 g/mol. The van der Waals surface area contributed by atoms with E-state index in [1.807, 2.05) is 50.2 Å². The van der Waals surface area contributed by atoms with Crippen molar-refractivity contribution in [2.45, 2.75) is 39.3 Å². The van der Waals surface area contributed by atoms with Gasteiger partial charge in [0.1, 0.15) is 17.3 Å². The van der Waals surface area contributed by atoms with Crippen molar-refractivity contribution in [3.8, 4) is 5.75 Å². The van der Waals surface area contributed by atoms with Gasteiger partial charge in [-0.25, -0.2) is 4.98 Å². The second-order valence-corrected chi connectivity index (χ2v) is 8.39. The molecule has 33 heavy (non-hydrogen) atoms. The van der Waals surface area contributed by atoms with Gasteiger partial charge < -0.3 is 14.6 Å². The van der Waals surface area contributed by atoms with Crippen LogP contribution in [0.5, 0.6) is 5.75 Å². The number of fused-ring (bicyclic) bond motifs is 1. The summed E-state index contributed by atoms with van der Waals surface area (Å²) in [4.78, 5) is 21.5. The number of nitrogens with one attached hydrogen (secondary N) is 1. The SMILES string of the molecule is Cc1cc(OCCCCn2c(C(C)NC(=O)c3ccccn3)nc3ccccc32)ccc1Cl. The molecule has 0 aliphatic heterocycles. The van der Waals surface area contributed by atoms with Gasteiger partial charge in [-0.1, -0.05) is 29.8 Å². The number of amides is 1. The third kappa shape index (κ3) is 5.52. The number of nitrogens with zero attached hydrogens (tertiary/aromatic N) is 3. The fraction of sp³-hybridized carbons (Fsp3) is 0.269. The average Bonchev–Trinajstić information content (AvgIpc) is 3.20. The normalized spacial score (nSPS) is 12.0. The zero-order valence-electron chi connectivity index (χ0n) is 18.8. The summed E-state index contributed by atoms with van der Waals surface area (Å²) in [6.45, 7) is 5.32. The first kappa shape index (κ1) is 22.8. The van der Waals surface area contributed by atoms with Gasteiger partial charge in [-0.15, -0.1) is 0 Å². The number of benzene rings is 2. The van der Waals surface area contributed by atoms with Crippen molar-refractivity contribution in [1.29, 1.82) is 0 Å².